The molecule has 22 heavy (non-hydrogen) atoms. The van der Waals surface area contributed by atoms with E-state index in [2.05, 4.69) is 47.7 Å². The molecule has 0 saturated carbocycles. The minimum Gasteiger partial charge on any atom is -0.331 e. The number of nitrogens with zero attached hydrogens (tertiary/aromatic N) is 1. The summed E-state index contributed by atoms with van der Waals surface area (Å²) in [6.45, 7) is 4.23. The maximum Gasteiger partial charge on any atom is 0.187 e. The highest BCUT2D eigenvalue weighted by Crippen LogP contribution is 2.29. The van der Waals surface area contributed by atoms with Gasteiger partial charge in [0.1, 0.15) is 0 Å². The summed E-state index contributed by atoms with van der Waals surface area (Å²) in [5.74, 6) is 0. The monoisotopic (exact) mass is 394 g/mol. The highest BCUT2D eigenvalue weighted by atomic mass is 79.9. The third-order valence-electron chi connectivity index (χ3n) is 3.49. The molecule has 0 fully saturated rings. The van der Waals surface area contributed by atoms with Crippen LogP contribution in [0, 0.1) is 13.8 Å². The van der Waals surface area contributed by atoms with Crippen LogP contribution in [0.3, 0.4) is 0 Å². The minimum atomic E-state index is 0. The van der Waals surface area contributed by atoms with Gasteiger partial charge in [-0.25, -0.2) is 4.98 Å². The summed E-state index contributed by atoms with van der Waals surface area (Å²) >= 11 is 7.52. The second-order valence-electron chi connectivity index (χ2n) is 4.92. The van der Waals surface area contributed by atoms with Crippen molar-refractivity contribution in [1.29, 1.82) is 0 Å². The fourth-order valence-corrected chi connectivity index (χ4v) is 2.94. The minimum absolute atomic E-state index is 0. The second kappa shape index (κ2) is 7.27. The Labute approximate surface area is 150 Å². The lowest BCUT2D eigenvalue weighted by atomic mass is 10.1. The van der Waals surface area contributed by atoms with Gasteiger partial charge in [0, 0.05) is 21.7 Å². The average molecular weight is 396 g/mol. The van der Waals surface area contributed by atoms with Crippen molar-refractivity contribution in [2.24, 2.45) is 0 Å². The van der Waals surface area contributed by atoms with Crippen LogP contribution in [0.15, 0.2) is 47.8 Å². The smallest absolute Gasteiger partial charge is 0.187 e. The van der Waals surface area contributed by atoms with E-state index >= 15 is 0 Å². The summed E-state index contributed by atoms with van der Waals surface area (Å²) in [6.07, 6.45) is 0. The van der Waals surface area contributed by atoms with Crippen LogP contribution < -0.4 is 5.32 Å². The van der Waals surface area contributed by atoms with E-state index in [0.717, 1.165) is 27.1 Å². The van der Waals surface area contributed by atoms with E-state index in [1.165, 1.54) is 11.1 Å². The molecule has 0 radical (unpaired) electrons. The van der Waals surface area contributed by atoms with Crippen molar-refractivity contribution >= 4 is 50.7 Å². The molecular weight excluding hydrogens is 380 g/mol. The van der Waals surface area contributed by atoms with Crippen LogP contribution in [-0.4, -0.2) is 4.98 Å². The molecule has 0 spiro atoms. The maximum atomic E-state index is 5.91. The van der Waals surface area contributed by atoms with E-state index in [-0.39, 0.29) is 17.0 Å². The van der Waals surface area contributed by atoms with E-state index in [9.17, 15) is 0 Å². The molecule has 1 aromatic heterocycles. The van der Waals surface area contributed by atoms with Crippen molar-refractivity contribution in [2.45, 2.75) is 13.8 Å². The quantitative estimate of drug-likeness (QED) is 0.555. The zero-order valence-electron chi connectivity index (χ0n) is 12.3. The number of aryl methyl sites for hydroxylation is 1. The molecule has 0 unspecified atom stereocenters. The van der Waals surface area contributed by atoms with Crippen LogP contribution in [0.1, 0.15) is 11.1 Å². The molecule has 0 atom stereocenters. The molecule has 0 saturated heterocycles. The Morgan fingerprint density at radius 2 is 1.77 bits per heavy atom. The van der Waals surface area contributed by atoms with Crippen molar-refractivity contribution in [3.63, 3.8) is 0 Å². The van der Waals surface area contributed by atoms with Gasteiger partial charge in [-0.05, 0) is 43.2 Å². The van der Waals surface area contributed by atoms with Gasteiger partial charge in [0.2, 0.25) is 0 Å². The molecule has 2 nitrogen and oxygen atoms in total. The van der Waals surface area contributed by atoms with Gasteiger partial charge in [0.25, 0.3) is 0 Å². The first-order valence-electron chi connectivity index (χ1n) is 6.68. The molecule has 114 valence electrons. The van der Waals surface area contributed by atoms with E-state index in [1.807, 2.05) is 24.3 Å². The number of halogens is 2. The summed E-state index contributed by atoms with van der Waals surface area (Å²) in [6, 6.07) is 14.0. The molecular formula is C17H16BrClN2S. The van der Waals surface area contributed by atoms with Crippen LogP contribution in [-0.2, 0) is 0 Å². The van der Waals surface area contributed by atoms with Gasteiger partial charge in [-0.15, -0.1) is 28.3 Å². The van der Waals surface area contributed by atoms with Crippen LogP contribution >= 0.6 is 39.9 Å². The largest absolute Gasteiger partial charge is 0.331 e. The summed E-state index contributed by atoms with van der Waals surface area (Å²) < 4.78 is 0. The number of thiazole rings is 1. The molecule has 0 amide bonds. The lowest BCUT2D eigenvalue weighted by molar-refractivity contribution is 1.31. The molecule has 0 bridgehead atoms. The topological polar surface area (TPSA) is 24.9 Å². The third kappa shape index (κ3) is 3.69. The van der Waals surface area contributed by atoms with Gasteiger partial charge in [0.05, 0.1) is 5.69 Å². The van der Waals surface area contributed by atoms with Crippen molar-refractivity contribution in [3.05, 3.63) is 64.0 Å². The number of aromatic nitrogens is 1. The maximum absolute atomic E-state index is 5.91. The molecule has 0 aliphatic rings. The average Bonchev–Trinajstić information content (AvgIpc) is 2.93. The predicted octanol–water partition coefficient (Wildman–Crippen LogP) is 6.40. The van der Waals surface area contributed by atoms with Crippen molar-refractivity contribution in [3.8, 4) is 11.3 Å². The highest BCUT2D eigenvalue weighted by molar-refractivity contribution is 8.93. The van der Waals surface area contributed by atoms with Crippen molar-refractivity contribution in [2.75, 3.05) is 5.32 Å². The van der Waals surface area contributed by atoms with Crippen LogP contribution in [0.2, 0.25) is 5.02 Å². The van der Waals surface area contributed by atoms with Crippen LogP contribution in [0.4, 0.5) is 10.8 Å². The molecule has 3 aromatic rings. The Morgan fingerprint density at radius 1 is 1.05 bits per heavy atom. The molecule has 0 aliphatic carbocycles. The van der Waals surface area contributed by atoms with Gasteiger partial charge in [-0.3, -0.25) is 0 Å². The van der Waals surface area contributed by atoms with Crippen molar-refractivity contribution in [1.82, 2.24) is 4.98 Å². The number of hydrogen-bond donors (Lipinski definition) is 1. The number of nitrogens with one attached hydrogen (secondary N) is 1. The SMILES string of the molecule is Br.Cc1cccc(Nc2nc(-c3ccc(Cl)cc3)cs2)c1C. The molecule has 2 aromatic carbocycles. The predicted molar refractivity (Wildman–Crippen MR) is 102 cm³/mol. The number of anilines is 2. The lowest BCUT2D eigenvalue weighted by Gasteiger charge is -2.08. The Hall–Kier alpha value is -1.36. The number of hydrogen-bond acceptors (Lipinski definition) is 3. The summed E-state index contributed by atoms with van der Waals surface area (Å²) in [4.78, 5) is 4.64. The standard InChI is InChI=1S/C17H15ClN2S.BrH/c1-11-4-3-5-15(12(11)2)19-17-20-16(10-21-17)13-6-8-14(18)9-7-13;/h3-10H,1-2H3,(H,19,20);1H. The molecule has 1 N–H and O–H groups in total. The Bertz CT molecular complexity index is 769. The Kier molecular flexibility index (Phi) is 5.62. The first-order valence-corrected chi connectivity index (χ1v) is 7.94. The third-order valence-corrected chi connectivity index (χ3v) is 4.50. The molecule has 5 heteroatoms. The normalized spacial score (nSPS) is 10.1. The Morgan fingerprint density at radius 3 is 2.50 bits per heavy atom. The van der Waals surface area contributed by atoms with Gasteiger partial charge >= 0.3 is 0 Å². The molecule has 0 aliphatic heterocycles. The highest BCUT2D eigenvalue weighted by Gasteiger charge is 2.07. The van der Waals surface area contributed by atoms with Gasteiger partial charge in [0.15, 0.2) is 5.13 Å². The zero-order valence-corrected chi connectivity index (χ0v) is 15.5. The van der Waals surface area contributed by atoms with Gasteiger partial charge < -0.3 is 5.32 Å². The number of rotatable bonds is 3. The lowest BCUT2D eigenvalue weighted by Crippen LogP contribution is -1.94. The van der Waals surface area contributed by atoms with Crippen LogP contribution in [0.25, 0.3) is 11.3 Å². The fourth-order valence-electron chi connectivity index (χ4n) is 2.09. The summed E-state index contributed by atoms with van der Waals surface area (Å²) in [5, 5.41) is 7.08. The van der Waals surface area contributed by atoms with Gasteiger partial charge in [-0.1, -0.05) is 35.9 Å². The second-order valence-corrected chi connectivity index (χ2v) is 6.21. The van der Waals surface area contributed by atoms with E-state index < -0.39 is 0 Å². The zero-order chi connectivity index (χ0) is 14.8. The number of benzene rings is 2. The Balaban J connectivity index is 0.00000176. The summed E-state index contributed by atoms with van der Waals surface area (Å²) in [5.41, 5.74) is 5.66. The molecule has 3 rings (SSSR count). The fraction of sp³-hybridized carbons (Fsp3) is 0.118. The van der Waals surface area contributed by atoms with Crippen molar-refractivity contribution < 1.29 is 0 Å². The van der Waals surface area contributed by atoms with Gasteiger partial charge in [-0.2, -0.15) is 0 Å². The molecule has 1 heterocycles. The first-order chi connectivity index (χ1) is 10.1. The summed E-state index contributed by atoms with van der Waals surface area (Å²) in [7, 11) is 0. The van der Waals surface area contributed by atoms with E-state index in [4.69, 9.17) is 11.6 Å². The van der Waals surface area contributed by atoms with E-state index in [0.29, 0.717) is 0 Å². The first kappa shape index (κ1) is 17.0. The van der Waals surface area contributed by atoms with Crippen LogP contribution in [0.5, 0.6) is 0 Å². The van der Waals surface area contributed by atoms with E-state index in [1.54, 1.807) is 11.3 Å².